The topological polar surface area (TPSA) is 40.1 Å². The molecule has 58 valence electrons. The summed E-state index contributed by atoms with van der Waals surface area (Å²) in [7, 11) is 0. The molecule has 0 aliphatic heterocycles. The van der Waals surface area contributed by atoms with Gasteiger partial charge in [0.2, 0.25) is 0 Å². The van der Waals surface area contributed by atoms with Gasteiger partial charge in [-0.2, -0.15) is 0 Å². The number of hydrogen-bond acceptors (Lipinski definition) is 2. The molecule has 0 amide bonds. The van der Waals surface area contributed by atoms with Gasteiger partial charge in [0.15, 0.2) is 0 Å². The molecule has 0 bridgehead atoms. The predicted octanol–water partition coefficient (Wildman–Crippen LogP) is -2.33. The van der Waals surface area contributed by atoms with Crippen LogP contribution in [-0.4, -0.2) is 5.97 Å². The van der Waals surface area contributed by atoms with Gasteiger partial charge in [-0.1, -0.05) is 12.1 Å². The standard InChI is InChI=1S/C9H10O2.Li/c1-6-3-4-8(9(10)11)5-7(6)2;/h3-5H,1-2H3,(H,10,11);/q;+1/p-1. The third kappa shape index (κ3) is 2.40. The maximum atomic E-state index is 10.4. The number of hydrogen-bond donors (Lipinski definition) is 0. The minimum atomic E-state index is -1.12. The average molecular weight is 156 g/mol. The number of benzene rings is 1. The van der Waals surface area contributed by atoms with E-state index >= 15 is 0 Å². The van der Waals surface area contributed by atoms with Gasteiger partial charge in [0.05, 0.1) is 5.97 Å². The summed E-state index contributed by atoms with van der Waals surface area (Å²) < 4.78 is 0. The van der Waals surface area contributed by atoms with Crippen LogP contribution in [0.1, 0.15) is 21.5 Å². The van der Waals surface area contributed by atoms with E-state index < -0.39 is 5.97 Å². The van der Waals surface area contributed by atoms with Crippen molar-refractivity contribution in [3.8, 4) is 0 Å². The largest absolute Gasteiger partial charge is 1.00 e. The molecule has 1 rings (SSSR count). The molecule has 0 atom stereocenters. The van der Waals surface area contributed by atoms with Gasteiger partial charge in [-0.05, 0) is 36.6 Å². The second-order valence-corrected chi connectivity index (χ2v) is 2.59. The Bertz CT molecular complexity index is 295. The second kappa shape index (κ2) is 4.35. The van der Waals surface area contributed by atoms with Crippen LogP contribution >= 0.6 is 0 Å². The molecule has 0 N–H and O–H groups in total. The minimum Gasteiger partial charge on any atom is -0.545 e. The summed E-state index contributed by atoms with van der Waals surface area (Å²) in [5, 5.41) is 10.4. The molecule has 12 heavy (non-hydrogen) atoms. The van der Waals surface area contributed by atoms with Crippen molar-refractivity contribution >= 4 is 5.97 Å². The zero-order valence-electron chi connectivity index (χ0n) is 7.55. The summed E-state index contributed by atoms with van der Waals surface area (Å²) in [6.07, 6.45) is 0. The number of carboxylic acids is 1. The summed E-state index contributed by atoms with van der Waals surface area (Å²) in [6, 6.07) is 4.95. The first-order chi connectivity index (χ1) is 5.11. The molecule has 2 nitrogen and oxygen atoms in total. The van der Waals surface area contributed by atoms with Crippen LogP contribution in [0.5, 0.6) is 0 Å². The van der Waals surface area contributed by atoms with Gasteiger partial charge in [0.1, 0.15) is 0 Å². The molecule has 3 heteroatoms. The number of aryl methyl sites for hydroxylation is 2. The molecule has 1 aromatic rings. The Kier molecular flexibility index (Phi) is 4.09. The molecule has 0 fully saturated rings. The van der Waals surface area contributed by atoms with Crippen LogP contribution in [0.2, 0.25) is 0 Å². The van der Waals surface area contributed by atoms with Gasteiger partial charge in [-0.3, -0.25) is 0 Å². The maximum absolute atomic E-state index is 10.4. The van der Waals surface area contributed by atoms with Crippen LogP contribution in [-0.2, 0) is 0 Å². The Balaban J connectivity index is 0.00000121. The molecule has 0 aliphatic rings. The van der Waals surface area contributed by atoms with Crippen LogP contribution in [0.15, 0.2) is 18.2 Å². The number of aromatic carboxylic acids is 1. The molecule has 0 aromatic heterocycles. The van der Waals surface area contributed by atoms with E-state index in [0.717, 1.165) is 11.1 Å². The third-order valence-electron chi connectivity index (χ3n) is 1.74. The van der Waals surface area contributed by atoms with E-state index in [1.54, 1.807) is 18.2 Å². The van der Waals surface area contributed by atoms with Gasteiger partial charge in [0, 0.05) is 0 Å². The Hall–Kier alpha value is -0.713. The minimum absolute atomic E-state index is 0. The number of carbonyl (C=O) groups excluding carboxylic acids is 1. The smallest absolute Gasteiger partial charge is 0.545 e. The van der Waals surface area contributed by atoms with E-state index in [4.69, 9.17) is 0 Å². The molecule has 0 radical (unpaired) electrons. The zero-order chi connectivity index (χ0) is 8.43. The van der Waals surface area contributed by atoms with E-state index in [-0.39, 0.29) is 24.4 Å². The van der Waals surface area contributed by atoms with E-state index in [1.165, 1.54) is 0 Å². The average Bonchev–Trinajstić information content (AvgIpc) is 1.94. The Morgan fingerprint density at radius 2 is 1.83 bits per heavy atom. The summed E-state index contributed by atoms with van der Waals surface area (Å²) in [5.41, 5.74) is 2.31. The van der Waals surface area contributed by atoms with Crippen molar-refractivity contribution in [2.75, 3.05) is 0 Å². The molecule has 0 unspecified atom stereocenters. The van der Waals surface area contributed by atoms with Crippen LogP contribution in [0.4, 0.5) is 0 Å². The van der Waals surface area contributed by atoms with Crippen molar-refractivity contribution in [2.24, 2.45) is 0 Å². The third-order valence-corrected chi connectivity index (χ3v) is 1.74. The van der Waals surface area contributed by atoms with Crippen molar-refractivity contribution in [1.82, 2.24) is 0 Å². The fourth-order valence-corrected chi connectivity index (χ4v) is 0.868. The molecule has 0 saturated carbocycles. The first-order valence-corrected chi connectivity index (χ1v) is 3.40. The van der Waals surface area contributed by atoms with E-state index in [0.29, 0.717) is 0 Å². The Morgan fingerprint density at radius 1 is 1.25 bits per heavy atom. The Labute approximate surface area is 83.8 Å². The van der Waals surface area contributed by atoms with Crippen molar-refractivity contribution < 1.29 is 28.8 Å². The van der Waals surface area contributed by atoms with Crippen LogP contribution in [0.25, 0.3) is 0 Å². The molecular weight excluding hydrogens is 147 g/mol. The van der Waals surface area contributed by atoms with Gasteiger partial charge in [0.25, 0.3) is 0 Å². The summed E-state index contributed by atoms with van der Waals surface area (Å²) in [6.45, 7) is 3.82. The molecule has 0 heterocycles. The van der Waals surface area contributed by atoms with Crippen LogP contribution in [0, 0.1) is 13.8 Å². The SMILES string of the molecule is Cc1ccc(C(=O)[O-])cc1C.[Li+]. The molecule has 0 saturated heterocycles. The van der Waals surface area contributed by atoms with E-state index in [1.807, 2.05) is 13.8 Å². The predicted molar refractivity (Wildman–Crippen MR) is 40.2 cm³/mol. The number of carbonyl (C=O) groups is 1. The molecule has 0 aliphatic carbocycles. The van der Waals surface area contributed by atoms with E-state index in [2.05, 4.69) is 0 Å². The second-order valence-electron chi connectivity index (χ2n) is 2.59. The summed E-state index contributed by atoms with van der Waals surface area (Å²) in [4.78, 5) is 10.4. The fraction of sp³-hybridized carbons (Fsp3) is 0.222. The van der Waals surface area contributed by atoms with Crippen molar-refractivity contribution in [2.45, 2.75) is 13.8 Å². The van der Waals surface area contributed by atoms with Crippen molar-refractivity contribution in [3.05, 3.63) is 34.9 Å². The summed E-state index contributed by atoms with van der Waals surface area (Å²) in [5.74, 6) is -1.12. The maximum Gasteiger partial charge on any atom is 1.00 e. The summed E-state index contributed by atoms with van der Waals surface area (Å²) >= 11 is 0. The Morgan fingerprint density at radius 3 is 2.25 bits per heavy atom. The molecule has 0 spiro atoms. The monoisotopic (exact) mass is 156 g/mol. The number of rotatable bonds is 1. The molecular formula is C9H9LiO2. The van der Waals surface area contributed by atoms with E-state index in [9.17, 15) is 9.90 Å². The van der Waals surface area contributed by atoms with Gasteiger partial charge < -0.3 is 9.90 Å². The van der Waals surface area contributed by atoms with Gasteiger partial charge >= 0.3 is 18.9 Å². The normalized spacial score (nSPS) is 8.83. The van der Waals surface area contributed by atoms with Crippen LogP contribution < -0.4 is 24.0 Å². The fourth-order valence-electron chi connectivity index (χ4n) is 0.868. The molecule has 1 aromatic carbocycles. The quantitative estimate of drug-likeness (QED) is 0.428. The van der Waals surface area contributed by atoms with Gasteiger partial charge in [-0.15, -0.1) is 0 Å². The zero-order valence-corrected chi connectivity index (χ0v) is 7.55. The van der Waals surface area contributed by atoms with Crippen LogP contribution in [0.3, 0.4) is 0 Å². The first-order valence-electron chi connectivity index (χ1n) is 3.40. The first kappa shape index (κ1) is 11.3. The van der Waals surface area contributed by atoms with Crippen molar-refractivity contribution in [1.29, 1.82) is 0 Å². The van der Waals surface area contributed by atoms with Gasteiger partial charge in [-0.25, -0.2) is 0 Å². The van der Waals surface area contributed by atoms with Crippen molar-refractivity contribution in [3.63, 3.8) is 0 Å². The number of carboxylic acid groups (broad SMARTS) is 1.